The number of rotatable bonds is 2. The maximum absolute atomic E-state index is 12.5. The summed E-state index contributed by atoms with van der Waals surface area (Å²) in [6.45, 7) is 1.70. The van der Waals surface area contributed by atoms with Crippen LogP contribution in [0.1, 0.15) is 5.56 Å². The van der Waals surface area contributed by atoms with Gasteiger partial charge >= 0.3 is 6.18 Å². The zero-order valence-corrected chi connectivity index (χ0v) is 9.94. The Morgan fingerprint density at radius 2 is 1.88 bits per heavy atom. The van der Waals surface area contributed by atoms with Crippen LogP contribution in [0.15, 0.2) is 24.3 Å². The summed E-state index contributed by atoms with van der Waals surface area (Å²) in [5, 5.41) is 1.95. The van der Waals surface area contributed by atoms with Crippen molar-refractivity contribution in [2.75, 3.05) is 30.0 Å². The second-order valence-electron chi connectivity index (χ2n) is 3.79. The lowest BCUT2D eigenvalue weighted by atomic mass is 10.2. The molecule has 0 aromatic heterocycles. The molecule has 0 unspecified atom stereocenters. The highest BCUT2D eigenvalue weighted by atomic mass is 32.2. The van der Waals surface area contributed by atoms with Crippen molar-refractivity contribution in [3.8, 4) is 0 Å². The number of alkyl halides is 3. The third-order valence-corrected chi connectivity index (χ3v) is 3.43. The van der Waals surface area contributed by atoms with Gasteiger partial charge in [0.05, 0.1) is 5.56 Å². The fourth-order valence-corrected chi connectivity index (χ4v) is 2.53. The Balaban J connectivity index is 2.05. The van der Waals surface area contributed by atoms with E-state index in [2.05, 4.69) is 5.43 Å². The summed E-state index contributed by atoms with van der Waals surface area (Å²) in [6, 6.07) is 5.29. The van der Waals surface area contributed by atoms with Crippen molar-refractivity contribution in [2.24, 2.45) is 0 Å². The molecule has 2 rings (SSSR count). The molecule has 0 saturated carbocycles. The second kappa shape index (κ2) is 5.18. The Labute approximate surface area is 102 Å². The number of hydrazine groups is 1. The van der Waals surface area contributed by atoms with Crippen molar-refractivity contribution in [1.29, 1.82) is 0 Å². The Morgan fingerprint density at radius 1 is 1.18 bits per heavy atom. The maximum Gasteiger partial charge on any atom is 0.416 e. The standard InChI is InChI=1S/C11H13F3N2S/c12-11(13,14)9-2-1-3-10(8-9)15-16-4-6-17-7-5-16/h1-3,8,15H,4-7H2. The minimum atomic E-state index is -4.28. The molecule has 1 aromatic rings. The van der Waals surface area contributed by atoms with Crippen LogP contribution >= 0.6 is 11.8 Å². The van der Waals surface area contributed by atoms with E-state index in [0.717, 1.165) is 36.7 Å². The van der Waals surface area contributed by atoms with Gasteiger partial charge in [-0.05, 0) is 18.2 Å². The fourth-order valence-electron chi connectivity index (χ4n) is 1.62. The van der Waals surface area contributed by atoms with Crippen molar-refractivity contribution < 1.29 is 13.2 Å². The molecular weight excluding hydrogens is 249 g/mol. The molecular formula is C11H13F3N2S. The molecule has 1 saturated heterocycles. The number of nitrogens with zero attached hydrogens (tertiary/aromatic N) is 1. The topological polar surface area (TPSA) is 15.3 Å². The average molecular weight is 262 g/mol. The molecule has 94 valence electrons. The van der Waals surface area contributed by atoms with Crippen LogP contribution < -0.4 is 5.43 Å². The molecule has 2 nitrogen and oxygen atoms in total. The van der Waals surface area contributed by atoms with Gasteiger partial charge in [0.15, 0.2) is 0 Å². The van der Waals surface area contributed by atoms with Crippen LogP contribution in [0.4, 0.5) is 18.9 Å². The predicted octanol–water partition coefficient (Wildman–Crippen LogP) is 3.08. The van der Waals surface area contributed by atoms with Crippen molar-refractivity contribution in [2.45, 2.75) is 6.18 Å². The number of nitrogens with one attached hydrogen (secondary N) is 1. The summed E-state index contributed by atoms with van der Waals surface area (Å²) in [7, 11) is 0. The molecule has 1 heterocycles. The highest BCUT2D eigenvalue weighted by Crippen LogP contribution is 2.30. The molecule has 6 heteroatoms. The van der Waals surface area contributed by atoms with Crippen molar-refractivity contribution in [1.82, 2.24) is 5.01 Å². The van der Waals surface area contributed by atoms with E-state index in [4.69, 9.17) is 0 Å². The second-order valence-corrected chi connectivity index (χ2v) is 5.01. The van der Waals surface area contributed by atoms with Crippen molar-refractivity contribution in [3.05, 3.63) is 29.8 Å². The Morgan fingerprint density at radius 3 is 2.53 bits per heavy atom. The van der Waals surface area contributed by atoms with E-state index < -0.39 is 11.7 Å². The average Bonchev–Trinajstić information content (AvgIpc) is 2.29. The van der Waals surface area contributed by atoms with E-state index in [1.165, 1.54) is 6.07 Å². The molecule has 1 fully saturated rings. The molecule has 17 heavy (non-hydrogen) atoms. The number of anilines is 1. The number of thioether (sulfide) groups is 1. The highest BCUT2D eigenvalue weighted by Gasteiger charge is 2.30. The molecule has 0 aliphatic carbocycles. The van der Waals surface area contributed by atoms with Gasteiger partial charge in [0.25, 0.3) is 0 Å². The van der Waals surface area contributed by atoms with Crippen LogP contribution in [0.25, 0.3) is 0 Å². The number of hydrogen-bond acceptors (Lipinski definition) is 3. The first kappa shape index (κ1) is 12.6. The van der Waals surface area contributed by atoms with Gasteiger partial charge in [-0.15, -0.1) is 0 Å². The normalized spacial score (nSPS) is 18.1. The Hall–Kier alpha value is -0.880. The van der Waals surface area contributed by atoms with Gasteiger partial charge in [0, 0.05) is 30.3 Å². The summed E-state index contributed by atoms with van der Waals surface area (Å²) in [6.07, 6.45) is -4.28. The third kappa shape index (κ3) is 3.54. The first-order valence-electron chi connectivity index (χ1n) is 5.32. The monoisotopic (exact) mass is 262 g/mol. The zero-order valence-electron chi connectivity index (χ0n) is 9.13. The SMILES string of the molecule is FC(F)(F)c1cccc(NN2CCSCC2)c1. The Kier molecular flexibility index (Phi) is 3.83. The van der Waals surface area contributed by atoms with E-state index >= 15 is 0 Å². The van der Waals surface area contributed by atoms with Crippen LogP contribution in [-0.2, 0) is 6.18 Å². The minimum Gasteiger partial charge on any atom is -0.319 e. The smallest absolute Gasteiger partial charge is 0.319 e. The molecule has 1 aliphatic rings. The van der Waals surface area contributed by atoms with Crippen molar-refractivity contribution >= 4 is 17.4 Å². The van der Waals surface area contributed by atoms with E-state index in [1.807, 2.05) is 16.8 Å². The number of halogens is 3. The maximum atomic E-state index is 12.5. The molecule has 1 aliphatic heterocycles. The third-order valence-electron chi connectivity index (χ3n) is 2.49. The van der Waals surface area contributed by atoms with Crippen LogP contribution in [0, 0.1) is 0 Å². The lowest BCUT2D eigenvalue weighted by Gasteiger charge is -2.27. The first-order chi connectivity index (χ1) is 8.05. The first-order valence-corrected chi connectivity index (χ1v) is 6.48. The van der Waals surface area contributed by atoms with Crippen LogP contribution in [0.3, 0.4) is 0 Å². The largest absolute Gasteiger partial charge is 0.416 e. The molecule has 1 N–H and O–H groups in total. The lowest BCUT2D eigenvalue weighted by Crippen LogP contribution is -2.37. The van der Waals surface area contributed by atoms with Crippen LogP contribution in [0.2, 0.25) is 0 Å². The Bertz CT molecular complexity index is 375. The van der Waals surface area contributed by atoms with E-state index in [1.54, 1.807) is 6.07 Å². The lowest BCUT2D eigenvalue weighted by molar-refractivity contribution is -0.137. The van der Waals surface area contributed by atoms with Gasteiger partial charge in [-0.3, -0.25) is 0 Å². The quantitative estimate of drug-likeness (QED) is 0.881. The molecule has 1 aromatic carbocycles. The van der Waals surface area contributed by atoms with Gasteiger partial charge in [0.2, 0.25) is 0 Å². The zero-order chi connectivity index (χ0) is 12.3. The van der Waals surface area contributed by atoms with Crippen LogP contribution in [-0.4, -0.2) is 29.6 Å². The van der Waals surface area contributed by atoms with Crippen molar-refractivity contribution in [3.63, 3.8) is 0 Å². The molecule has 0 amide bonds. The van der Waals surface area contributed by atoms with E-state index in [-0.39, 0.29) is 0 Å². The summed E-state index contributed by atoms with van der Waals surface area (Å²) in [4.78, 5) is 0. The van der Waals surface area contributed by atoms with Gasteiger partial charge in [-0.25, -0.2) is 5.01 Å². The fraction of sp³-hybridized carbons (Fsp3) is 0.455. The van der Waals surface area contributed by atoms with Crippen LogP contribution in [0.5, 0.6) is 0 Å². The predicted molar refractivity (Wildman–Crippen MR) is 64.0 cm³/mol. The van der Waals surface area contributed by atoms with Gasteiger partial charge < -0.3 is 5.43 Å². The number of hydrogen-bond donors (Lipinski definition) is 1. The highest BCUT2D eigenvalue weighted by molar-refractivity contribution is 7.99. The van der Waals surface area contributed by atoms with Gasteiger partial charge in [0.1, 0.15) is 0 Å². The molecule has 0 radical (unpaired) electrons. The van der Waals surface area contributed by atoms with Gasteiger partial charge in [-0.2, -0.15) is 24.9 Å². The van der Waals surface area contributed by atoms with Gasteiger partial charge in [-0.1, -0.05) is 6.07 Å². The number of benzene rings is 1. The summed E-state index contributed by atoms with van der Waals surface area (Å²) < 4.78 is 37.5. The van der Waals surface area contributed by atoms with E-state index in [0.29, 0.717) is 5.69 Å². The summed E-state index contributed by atoms with van der Waals surface area (Å²) in [5.74, 6) is 2.01. The molecule has 0 spiro atoms. The molecule has 0 bridgehead atoms. The molecule has 0 atom stereocenters. The summed E-state index contributed by atoms with van der Waals surface area (Å²) in [5.41, 5.74) is 2.89. The summed E-state index contributed by atoms with van der Waals surface area (Å²) >= 11 is 1.85. The van der Waals surface area contributed by atoms with E-state index in [9.17, 15) is 13.2 Å². The minimum absolute atomic E-state index is 0.492.